The summed E-state index contributed by atoms with van der Waals surface area (Å²) in [6, 6.07) is 0. The normalized spacial score (nSPS) is 24.6. The lowest BCUT2D eigenvalue weighted by molar-refractivity contribution is -0.0823. The van der Waals surface area contributed by atoms with Gasteiger partial charge in [0.2, 0.25) is 0 Å². The molecule has 0 aliphatic carbocycles. The molecule has 0 spiro atoms. The minimum atomic E-state index is -0.452. The molecule has 1 aliphatic rings. The molecule has 2 unspecified atom stereocenters. The lowest BCUT2D eigenvalue weighted by atomic mass is 10.1. The molecular weight excluding hydrogens is 206 g/mol. The SMILES string of the molecule is CN1CCOC(C(O)Cc2cnn(C)c2)C1. The van der Waals surface area contributed by atoms with Crippen molar-refractivity contribution in [1.82, 2.24) is 14.7 Å². The van der Waals surface area contributed by atoms with Crippen molar-refractivity contribution in [2.75, 3.05) is 26.7 Å². The number of likely N-dealkylation sites (N-methyl/N-ethyl adjacent to an activating group) is 1. The fourth-order valence-electron chi connectivity index (χ4n) is 1.99. The van der Waals surface area contributed by atoms with Crippen LogP contribution in [0, 0.1) is 0 Å². The van der Waals surface area contributed by atoms with Gasteiger partial charge in [-0.2, -0.15) is 5.10 Å². The lowest BCUT2D eigenvalue weighted by Crippen LogP contribution is -2.46. The number of nitrogens with zero attached hydrogens (tertiary/aromatic N) is 3. The van der Waals surface area contributed by atoms with E-state index < -0.39 is 6.10 Å². The Kier molecular flexibility index (Phi) is 3.58. The summed E-state index contributed by atoms with van der Waals surface area (Å²) in [5.41, 5.74) is 1.05. The zero-order chi connectivity index (χ0) is 11.5. The summed E-state index contributed by atoms with van der Waals surface area (Å²) < 4.78 is 7.32. The number of aryl methyl sites for hydroxylation is 1. The van der Waals surface area contributed by atoms with Crippen LogP contribution in [0.2, 0.25) is 0 Å². The zero-order valence-electron chi connectivity index (χ0n) is 9.83. The van der Waals surface area contributed by atoms with Gasteiger partial charge < -0.3 is 14.7 Å². The molecule has 1 fully saturated rings. The molecule has 1 N–H and O–H groups in total. The van der Waals surface area contributed by atoms with Crippen LogP contribution in [-0.4, -0.2) is 58.7 Å². The molecule has 2 heterocycles. The molecular formula is C11H19N3O2. The minimum absolute atomic E-state index is 0.0843. The molecule has 0 saturated carbocycles. The van der Waals surface area contributed by atoms with Crippen molar-refractivity contribution in [3.8, 4) is 0 Å². The third-order valence-corrected chi connectivity index (χ3v) is 2.93. The van der Waals surface area contributed by atoms with Gasteiger partial charge in [-0.1, -0.05) is 0 Å². The topological polar surface area (TPSA) is 50.5 Å². The molecule has 16 heavy (non-hydrogen) atoms. The van der Waals surface area contributed by atoms with Crippen LogP contribution >= 0.6 is 0 Å². The minimum Gasteiger partial charge on any atom is -0.390 e. The Morgan fingerprint density at radius 3 is 3.06 bits per heavy atom. The van der Waals surface area contributed by atoms with E-state index in [2.05, 4.69) is 10.00 Å². The fourth-order valence-corrected chi connectivity index (χ4v) is 1.99. The number of aromatic nitrogens is 2. The smallest absolute Gasteiger partial charge is 0.0964 e. The van der Waals surface area contributed by atoms with Gasteiger partial charge in [0, 0.05) is 32.8 Å². The van der Waals surface area contributed by atoms with Gasteiger partial charge in [-0.15, -0.1) is 0 Å². The molecule has 0 radical (unpaired) electrons. The van der Waals surface area contributed by atoms with Crippen molar-refractivity contribution in [2.24, 2.45) is 7.05 Å². The van der Waals surface area contributed by atoms with E-state index in [1.165, 1.54) is 0 Å². The van der Waals surface area contributed by atoms with Crippen molar-refractivity contribution < 1.29 is 9.84 Å². The Bertz CT molecular complexity index is 340. The highest BCUT2D eigenvalue weighted by Gasteiger charge is 2.25. The van der Waals surface area contributed by atoms with Gasteiger partial charge in [-0.3, -0.25) is 4.68 Å². The molecule has 0 bridgehead atoms. The number of aliphatic hydroxyl groups is 1. The van der Waals surface area contributed by atoms with E-state index in [0.29, 0.717) is 13.0 Å². The van der Waals surface area contributed by atoms with Crippen LogP contribution in [0.15, 0.2) is 12.4 Å². The summed E-state index contributed by atoms with van der Waals surface area (Å²) in [6.07, 6.45) is 3.78. The Morgan fingerprint density at radius 2 is 2.44 bits per heavy atom. The van der Waals surface area contributed by atoms with Crippen LogP contribution in [0.3, 0.4) is 0 Å². The molecule has 90 valence electrons. The lowest BCUT2D eigenvalue weighted by Gasteiger charge is -2.32. The van der Waals surface area contributed by atoms with Gasteiger partial charge in [0.05, 0.1) is 25.0 Å². The van der Waals surface area contributed by atoms with E-state index in [0.717, 1.165) is 18.7 Å². The molecule has 1 aromatic rings. The predicted molar refractivity (Wildman–Crippen MR) is 60.2 cm³/mol. The van der Waals surface area contributed by atoms with E-state index in [-0.39, 0.29) is 6.10 Å². The van der Waals surface area contributed by atoms with Gasteiger partial charge in [0.1, 0.15) is 0 Å². The second kappa shape index (κ2) is 4.95. The number of morpholine rings is 1. The second-order valence-corrected chi connectivity index (χ2v) is 4.47. The number of rotatable bonds is 3. The van der Waals surface area contributed by atoms with Crippen molar-refractivity contribution in [3.05, 3.63) is 18.0 Å². The first-order valence-electron chi connectivity index (χ1n) is 5.61. The van der Waals surface area contributed by atoms with Gasteiger partial charge in [-0.25, -0.2) is 0 Å². The average Bonchev–Trinajstić information content (AvgIpc) is 2.64. The highest BCUT2D eigenvalue weighted by atomic mass is 16.5. The number of hydrogen-bond acceptors (Lipinski definition) is 4. The maximum absolute atomic E-state index is 10.1. The van der Waals surface area contributed by atoms with E-state index >= 15 is 0 Å². The third-order valence-electron chi connectivity index (χ3n) is 2.93. The standard InChI is InChI=1S/C11H19N3O2/c1-13-3-4-16-11(8-13)10(15)5-9-6-12-14(2)7-9/h6-7,10-11,15H,3-5,8H2,1-2H3. The summed E-state index contributed by atoms with van der Waals surface area (Å²) in [7, 11) is 3.92. The first-order valence-corrected chi connectivity index (χ1v) is 5.61. The van der Waals surface area contributed by atoms with Gasteiger partial charge in [-0.05, 0) is 12.6 Å². The maximum Gasteiger partial charge on any atom is 0.0964 e. The van der Waals surface area contributed by atoms with Crippen LogP contribution in [-0.2, 0) is 18.2 Å². The maximum atomic E-state index is 10.1. The van der Waals surface area contributed by atoms with Gasteiger partial charge in [0.15, 0.2) is 0 Å². The summed E-state index contributed by atoms with van der Waals surface area (Å²) in [5.74, 6) is 0. The predicted octanol–water partition coefficient (Wildman–Crippen LogP) is -0.346. The van der Waals surface area contributed by atoms with Gasteiger partial charge >= 0.3 is 0 Å². The Balaban J connectivity index is 1.89. The number of aliphatic hydroxyl groups excluding tert-OH is 1. The van der Waals surface area contributed by atoms with Crippen molar-refractivity contribution in [2.45, 2.75) is 18.6 Å². The summed E-state index contributed by atoms with van der Waals surface area (Å²) in [4.78, 5) is 2.18. The molecule has 1 saturated heterocycles. The molecule has 1 aromatic heterocycles. The molecule has 2 rings (SSSR count). The molecule has 2 atom stereocenters. The molecule has 0 aromatic carbocycles. The van der Waals surface area contributed by atoms with E-state index in [9.17, 15) is 5.11 Å². The second-order valence-electron chi connectivity index (χ2n) is 4.47. The Labute approximate surface area is 95.6 Å². The first kappa shape index (κ1) is 11.6. The molecule has 0 amide bonds. The van der Waals surface area contributed by atoms with Crippen molar-refractivity contribution in [3.63, 3.8) is 0 Å². The van der Waals surface area contributed by atoms with Crippen molar-refractivity contribution >= 4 is 0 Å². The largest absolute Gasteiger partial charge is 0.390 e. The van der Waals surface area contributed by atoms with Crippen LogP contribution in [0.5, 0.6) is 0 Å². The van der Waals surface area contributed by atoms with E-state index in [1.807, 2.05) is 20.3 Å². The zero-order valence-corrected chi connectivity index (χ0v) is 9.83. The van der Waals surface area contributed by atoms with Crippen molar-refractivity contribution in [1.29, 1.82) is 0 Å². The monoisotopic (exact) mass is 225 g/mol. The summed E-state index contributed by atoms with van der Waals surface area (Å²) in [5, 5.41) is 14.1. The Hall–Kier alpha value is -0.910. The average molecular weight is 225 g/mol. The third kappa shape index (κ3) is 2.81. The van der Waals surface area contributed by atoms with E-state index in [4.69, 9.17) is 4.74 Å². The first-order chi connectivity index (χ1) is 7.65. The summed E-state index contributed by atoms with van der Waals surface area (Å²) >= 11 is 0. The molecule has 5 nitrogen and oxygen atoms in total. The molecule has 1 aliphatic heterocycles. The van der Waals surface area contributed by atoms with Crippen LogP contribution in [0.1, 0.15) is 5.56 Å². The fraction of sp³-hybridized carbons (Fsp3) is 0.727. The van der Waals surface area contributed by atoms with Gasteiger partial charge in [0.25, 0.3) is 0 Å². The number of ether oxygens (including phenoxy) is 1. The molecule has 5 heteroatoms. The number of hydrogen-bond donors (Lipinski definition) is 1. The van der Waals surface area contributed by atoms with E-state index in [1.54, 1.807) is 10.9 Å². The highest BCUT2D eigenvalue weighted by Crippen LogP contribution is 2.12. The van der Waals surface area contributed by atoms with Crippen LogP contribution in [0.4, 0.5) is 0 Å². The van der Waals surface area contributed by atoms with Crippen LogP contribution in [0.25, 0.3) is 0 Å². The Morgan fingerprint density at radius 1 is 1.62 bits per heavy atom. The quantitative estimate of drug-likeness (QED) is 0.764. The van der Waals surface area contributed by atoms with Crippen LogP contribution < -0.4 is 0 Å². The summed E-state index contributed by atoms with van der Waals surface area (Å²) in [6.45, 7) is 2.43. The highest BCUT2D eigenvalue weighted by molar-refractivity contribution is 5.06.